The largest absolute Gasteiger partial charge is 0.383 e. The van der Waals surface area contributed by atoms with E-state index in [4.69, 9.17) is 4.74 Å². The summed E-state index contributed by atoms with van der Waals surface area (Å²) in [4.78, 5) is 14.4. The number of nitrogens with one attached hydrogen (secondary N) is 1. The number of rotatable bonds is 5. The molecule has 104 valence electrons. The van der Waals surface area contributed by atoms with E-state index in [-0.39, 0.29) is 18.1 Å². The quantitative estimate of drug-likeness (QED) is 0.879. The molecule has 2 unspecified atom stereocenters. The van der Waals surface area contributed by atoms with E-state index < -0.39 is 0 Å². The van der Waals surface area contributed by atoms with Crippen molar-refractivity contribution >= 4 is 5.91 Å². The van der Waals surface area contributed by atoms with Crippen molar-refractivity contribution in [2.45, 2.75) is 26.1 Å². The summed E-state index contributed by atoms with van der Waals surface area (Å²) in [6, 6.07) is 9.65. The van der Waals surface area contributed by atoms with Crippen molar-refractivity contribution in [1.82, 2.24) is 10.2 Å². The number of nitrogens with zero attached hydrogens (tertiary/aromatic N) is 1. The normalized spacial score (nSPS) is 23.4. The van der Waals surface area contributed by atoms with Crippen molar-refractivity contribution in [1.29, 1.82) is 0 Å². The van der Waals surface area contributed by atoms with E-state index in [0.29, 0.717) is 19.1 Å². The van der Waals surface area contributed by atoms with Gasteiger partial charge in [0.1, 0.15) is 6.04 Å². The summed E-state index contributed by atoms with van der Waals surface area (Å²) in [5.74, 6) is 0.511. The molecule has 1 fully saturated rings. The topological polar surface area (TPSA) is 41.6 Å². The Labute approximate surface area is 114 Å². The number of carbonyl (C=O) groups is 1. The number of ether oxygens (including phenoxy) is 1. The van der Waals surface area contributed by atoms with E-state index in [0.717, 1.165) is 5.56 Å². The SMILES string of the molecule is COCCN1C(=O)C(c2ccccc2)NC1C(C)C. The second kappa shape index (κ2) is 6.17. The van der Waals surface area contributed by atoms with Crippen LogP contribution < -0.4 is 5.32 Å². The highest BCUT2D eigenvalue weighted by Crippen LogP contribution is 2.26. The van der Waals surface area contributed by atoms with E-state index in [9.17, 15) is 4.79 Å². The van der Waals surface area contributed by atoms with E-state index in [2.05, 4.69) is 19.2 Å². The molecule has 4 heteroatoms. The molecule has 1 amide bonds. The van der Waals surface area contributed by atoms with Crippen molar-refractivity contribution in [3.63, 3.8) is 0 Å². The minimum absolute atomic E-state index is 0.0767. The van der Waals surface area contributed by atoms with E-state index >= 15 is 0 Å². The maximum absolute atomic E-state index is 12.5. The summed E-state index contributed by atoms with van der Waals surface area (Å²) >= 11 is 0. The number of benzene rings is 1. The fraction of sp³-hybridized carbons (Fsp3) is 0.533. The molecule has 1 saturated heterocycles. The Kier molecular flexibility index (Phi) is 4.56. The molecule has 1 N–H and O–H groups in total. The molecule has 0 spiro atoms. The molecule has 0 aliphatic carbocycles. The predicted octanol–water partition coefficient (Wildman–Crippen LogP) is 1.79. The molecule has 1 aliphatic heterocycles. The highest BCUT2D eigenvalue weighted by atomic mass is 16.5. The van der Waals surface area contributed by atoms with Gasteiger partial charge in [0.2, 0.25) is 5.91 Å². The second-order valence-electron chi connectivity index (χ2n) is 5.22. The van der Waals surface area contributed by atoms with Crippen LogP contribution in [0.3, 0.4) is 0 Å². The van der Waals surface area contributed by atoms with Crippen LogP contribution in [0.4, 0.5) is 0 Å². The zero-order valence-electron chi connectivity index (χ0n) is 11.8. The molecule has 2 atom stereocenters. The Hall–Kier alpha value is -1.39. The number of methoxy groups -OCH3 is 1. The third-order valence-corrected chi connectivity index (χ3v) is 3.50. The van der Waals surface area contributed by atoms with Crippen LogP contribution in [0.2, 0.25) is 0 Å². The molecular formula is C15H22N2O2. The molecule has 0 bridgehead atoms. The molecule has 0 saturated carbocycles. The lowest BCUT2D eigenvalue weighted by Gasteiger charge is -2.26. The van der Waals surface area contributed by atoms with Gasteiger partial charge in [0.25, 0.3) is 0 Å². The average molecular weight is 262 g/mol. The summed E-state index contributed by atoms with van der Waals surface area (Å²) < 4.78 is 5.10. The molecule has 1 aliphatic rings. The van der Waals surface area contributed by atoms with Crippen LogP contribution in [-0.2, 0) is 9.53 Å². The summed E-state index contributed by atoms with van der Waals surface area (Å²) in [7, 11) is 1.66. The van der Waals surface area contributed by atoms with Gasteiger partial charge in [-0.1, -0.05) is 44.2 Å². The third-order valence-electron chi connectivity index (χ3n) is 3.50. The van der Waals surface area contributed by atoms with Crippen molar-refractivity contribution in [3.05, 3.63) is 35.9 Å². The van der Waals surface area contributed by atoms with Gasteiger partial charge in [-0.05, 0) is 11.5 Å². The van der Waals surface area contributed by atoms with Gasteiger partial charge in [-0.25, -0.2) is 0 Å². The number of carbonyl (C=O) groups excluding carboxylic acids is 1. The molecule has 0 aromatic heterocycles. The first-order valence-electron chi connectivity index (χ1n) is 6.75. The van der Waals surface area contributed by atoms with Crippen molar-refractivity contribution in [3.8, 4) is 0 Å². The fourth-order valence-corrected chi connectivity index (χ4v) is 2.51. The first-order valence-corrected chi connectivity index (χ1v) is 6.75. The van der Waals surface area contributed by atoms with Crippen molar-refractivity contribution < 1.29 is 9.53 Å². The minimum Gasteiger partial charge on any atom is -0.383 e. The van der Waals surface area contributed by atoms with Gasteiger partial charge in [0, 0.05) is 13.7 Å². The second-order valence-corrected chi connectivity index (χ2v) is 5.22. The monoisotopic (exact) mass is 262 g/mol. The molecule has 4 nitrogen and oxygen atoms in total. The van der Waals surface area contributed by atoms with Gasteiger partial charge in [0.15, 0.2) is 0 Å². The highest BCUT2D eigenvalue weighted by molar-refractivity contribution is 5.85. The van der Waals surface area contributed by atoms with Gasteiger partial charge in [0.05, 0.1) is 12.8 Å². The Balaban J connectivity index is 2.18. The van der Waals surface area contributed by atoms with E-state index in [1.54, 1.807) is 7.11 Å². The van der Waals surface area contributed by atoms with Gasteiger partial charge in [-0.2, -0.15) is 0 Å². The van der Waals surface area contributed by atoms with Crippen LogP contribution in [0.15, 0.2) is 30.3 Å². The minimum atomic E-state index is -0.231. The Morgan fingerprint density at radius 2 is 2.00 bits per heavy atom. The standard InChI is InChI=1S/C15H22N2O2/c1-11(2)14-16-13(12-7-5-4-6-8-12)15(18)17(14)9-10-19-3/h4-8,11,13-14,16H,9-10H2,1-3H3. The zero-order chi connectivity index (χ0) is 13.8. The molecule has 1 aromatic carbocycles. The number of hydrogen-bond donors (Lipinski definition) is 1. The molecule has 1 aromatic rings. The third kappa shape index (κ3) is 2.96. The lowest BCUT2D eigenvalue weighted by atomic mass is 10.1. The summed E-state index contributed by atoms with van der Waals surface area (Å²) in [5.41, 5.74) is 1.03. The Bertz CT molecular complexity index is 419. The van der Waals surface area contributed by atoms with Crippen LogP contribution in [0.1, 0.15) is 25.5 Å². The van der Waals surface area contributed by atoms with Crippen LogP contribution in [0.25, 0.3) is 0 Å². The Morgan fingerprint density at radius 1 is 1.32 bits per heavy atom. The Morgan fingerprint density at radius 3 is 2.58 bits per heavy atom. The van der Waals surface area contributed by atoms with E-state index in [1.165, 1.54) is 0 Å². The van der Waals surface area contributed by atoms with Crippen LogP contribution in [0.5, 0.6) is 0 Å². The van der Waals surface area contributed by atoms with Gasteiger partial charge in [-0.15, -0.1) is 0 Å². The predicted molar refractivity (Wildman–Crippen MR) is 74.5 cm³/mol. The van der Waals surface area contributed by atoms with Crippen LogP contribution >= 0.6 is 0 Å². The van der Waals surface area contributed by atoms with Gasteiger partial charge < -0.3 is 9.64 Å². The van der Waals surface area contributed by atoms with Crippen LogP contribution in [0, 0.1) is 5.92 Å². The lowest BCUT2D eigenvalue weighted by Crippen LogP contribution is -2.42. The van der Waals surface area contributed by atoms with Gasteiger partial charge >= 0.3 is 0 Å². The lowest BCUT2D eigenvalue weighted by molar-refractivity contribution is -0.131. The van der Waals surface area contributed by atoms with Crippen molar-refractivity contribution in [2.24, 2.45) is 5.92 Å². The average Bonchev–Trinajstić information content (AvgIpc) is 2.75. The molecule has 19 heavy (non-hydrogen) atoms. The number of amides is 1. The first-order chi connectivity index (χ1) is 9.15. The van der Waals surface area contributed by atoms with E-state index in [1.807, 2.05) is 35.2 Å². The summed E-state index contributed by atoms with van der Waals surface area (Å²) in [6.07, 6.45) is 0.0767. The fourth-order valence-electron chi connectivity index (χ4n) is 2.51. The zero-order valence-corrected chi connectivity index (χ0v) is 11.8. The molecule has 1 heterocycles. The maximum Gasteiger partial charge on any atom is 0.245 e. The maximum atomic E-state index is 12.5. The highest BCUT2D eigenvalue weighted by Gasteiger charge is 2.40. The summed E-state index contributed by atoms with van der Waals surface area (Å²) in [6.45, 7) is 5.45. The first kappa shape index (κ1) is 14.0. The van der Waals surface area contributed by atoms with Crippen molar-refractivity contribution in [2.75, 3.05) is 20.3 Å². The van der Waals surface area contributed by atoms with Gasteiger partial charge in [-0.3, -0.25) is 10.1 Å². The summed E-state index contributed by atoms with van der Waals surface area (Å²) in [5, 5.41) is 3.44. The molecular weight excluding hydrogens is 240 g/mol. The number of hydrogen-bond acceptors (Lipinski definition) is 3. The smallest absolute Gasteiger partial charge is 0.245 e. The molecule has 0 radical (unpaired) electrons. The van der Waals surface area contributed by atoms with Crippen LogP contribution in [-0.4, -0.2) is 37.2 Å². The molecule has 2 rings (SSSR count).